The van der Waals surface area contributed by atoms with Crippen LogP contribution in [0.25, 0.3) is 0 Å². The molecule has 1 N–H and O–H groups in total. The molecule has 134 valence electrons. The molecule has 0 aromatic heterocycles. The summed E-state index contributed by atoms with van der Waals surface area (Å²) in [5.74, 6) is 0.969. The molecule has 1 fully saturated rings. The molecule has 0 bridgehead atoms. The van der Waals surface area contributed by atoms with Crippen LogP contribution >= 0.6 is 0 Å². The second kappa shape index (κ2) is 9.05. The Morgan fingerprint density at radius 2 is 1.84 bits per heavy atom. The van der Waals surface area contributed by atoms with E-state index in [0.717, 1.165) is 19.5 Å². The summed E-state index contributed by atoms with van der Waals surface area (Å²) in [6.07, 6.45) is 7.38. The van der Waals surface area contributed by atoms with Crippen molar-refractivity contribution in [2.75, 3.05) is 13.1 Å². The lowest BCUT2D eigenvalue weighted by atomic mass is 9.87. The first-order valence-electron chi connectivity index (χ1n) is 9.83. The zero-order chi connectivity index (χ0) is 17.5. The monoisotopic (exact) mass is 337 g/mol. The first-order valence-corrected chi connectivity index (χ1v) is 9.83. The van der Waals surface area contributed by atoms with Crippen LogP contribution in [0.5, 0.6) is 5.75 Å². The highest BCUT2D eigenvalue weighted by Crippen LogP contribution is 2.31. The van der Waals surface area contributed by atoms with Crippen molar-refractivity contribution in [2.45, 2.75) is 57.4 Å². The maximum absolute atomic E-state index is 9.80. The molecule has 2 aromatic rings. The number of benzene rings is 2. The summed E-state index contributed by atoms with van der Waals surface area (Å²) in [5, 5.41) is 9.80. The summed E-state index contributed by atoms with van der Waals surface area (Å²) < 4.78 is 0. The molecule has 3 rings (SSSR count). The van der Waals surface area contributed by atoms with Gasteiger partial charge < -0.3 is 10.0 Å². The van der Waals surface area contributed by atoms with Crippen LogP contribution in [0.3, 0.4) is 0 Å². The average molecular weight is 338 g/mol. The molecular formula is C23H31NO. The first-order chi connectivity index (χ1) is 12.3. The van der Waals surface area contributed by atoms with E-state index in [9.17, 15) is 5.11 Å². The minimum atomic E-state index is 0.395. The highest BCUT2D eigenvalue weighted by molar-refractivity contribution is 5.29. The number of hydrogen-bond donors (Lipinski definition) is 1. The SMILES string of the molecule is CCC1CCCC(c2cccc(O)c2)CCN1CCc1ccccc1. The molecule has 1 aliphatic heterocycles. The third-order valence-electron chi connectivity index (χ3n) is 5.71. The number of phenols is 1. The molecule has 0 saturated carbocycles. The fraction of sp³-hybridized carbons (Fsp3) is 0.478. The molecule has 0 spiro atoms. The molecule has 2 atom stereocenters. The standard InChI is InChI=1S/C23H31NO/c1-2-22-12-6-10-20(21-11-7-13-23(25)18-21)15-17-24(22)16-14-19-8-4-3-5-9-19/h3-5,7-9,11,13,18,20,22,25H,2,6,10,12,14-17H2,1H3. The summed E-state index contributed by atoms with van der Waals surface area (Å²) in [6.45, 7) is 4.63. The van der Waals surface area contributed by atoms with Crippen LogP contribution in [0.1, 0.15) is 56.1 Å². The minimum Gasteiger partial charge on any atom is -0.508 e. The van der Waals surface area contributed by atoms with Crippen molar-refractivity contribution < 1.29 is 5.11 Å². The van der Waals surface area contributed by atoms with E-state index in [1.165, 1.54) is 43.2 Å². The van der Waals surface area contributed by atoms with E-state index in [4.69, 9.17) is 0 Å². The molecule has 0 radical (unpaired) electrons. The van der Waals surface area contributed by atoms with Gasteiger partial charge in [0.05, 0.1) is 0 Å². The summed E-state index contributed by atoms with van der Waals surface area (Å²) in [5.41, 5.74) is 2.74. The highest BCUT2D eigenvalue weighted by atomic mass is 16.3. The molecule has 25 heavy (non-hydrogen) atoms. The van der Waals surface area contributed by atoms with E-state index >= 15 is 0 Å². The van der Waals surface area contributed by atoms with E-state index in [-0.39, 0.29) is 0 Å². The number of rotatable bonds is 5. The third kappa shape index (κ3) is 5.09. The maximum atomic E-state index is 9.80. The summed E-state index contributed by atoms with van der Waals surface area (Å²) in [4.78, 5) is 2.71. The molecule has 1 saturated heterocycles. The largest absolute Gasteiger partial charge is 0.508 e. The van der Waals surface area contributed by atoms with Gasteiger partial charge in [0.2, 0.25) is 0 Å². The summed E-state index contributed by atoms with van der Waals surface area (Å²) in [7, 11) is 0. The van der Waals surface area contributed by atoms with Gasteiger partial charge in [-0.3, -0.25) is 0 Å². The van der Waals surface area contributed by atoms with Crippen LogP contribution in [0.4, 0.5) is 0 Å². The number of phenolic OH excluding ortho intramolecular Hbond substituents is 1. The lowest BCUT2D eigenvalue weighted by Crippen LogP contribution is -2.39. The van der Waals surface area contributed by atoms with E-state index in [1.807, 2.05) is 12.1 Å². The van der Waals surface area contributed by atoms with Crippen LogP contribution in [0.2, 0.25) is 0 Å². The van der Waals surface area contributed by atoms with Gasteiger partial charge in [0.15, 0.2) is 0 Å². The number of hydrogen-bond acceptors (Lipinski definition) is 2. The van der Waals surface area contributed by atoms with Gasteiger partial charge in [-0.1, -0.05) is 55.8 Å². The predicted octanol–water partition coefficient (Wildman–Crippen LogP) is 5.37. The van der Waals surface area contributed by atoms with Gasteiger partial charge in [0.25, 0.3) is 0 Å². The number of nitrogens with zero attached hydrogens (tertiary/aromatic N) is 1. The Labute approximate surface area is 152 Å². The Balaban J connectivity index is 1.64. The van der Waals surface area contributed by atoms with Crippen molar-refractivity contribution in [3.8, 4) is 5.75 Å². The van der Waals surface area contributed by atoms with Gasteiger partial charge in [-0.05, 0) is 67.8 Å². The van der Waals surface area contributed by atoms with Gasteiger partial charge >= 0.3 is 0 Å². The Bertz CT molecular complexity index is 640. The Morgan fingerprint density at radius 1 is 1.00 bits per heavy atom. The van der Waals surface area contributed by atoms with Crippen molar-refractivity contribution in [1.82, 2.24) is 4.90 Å². The molecule has 2 aromatic carbocycles. The quantitative estimate of drug-likeness (QED) is 0.792. The second-order valence-electron chi connectivity index (χ2n) is 7.35. The first kappa shape index (κ1) is 18.0. The van der Waals surface area contributed by atoms with Crippen LogP contribution in [0, 0.1) is 0 Å². The second-order valence-corrected chi connectivity index (χ2v) is 7.35. The maximum Gasteiger partial charge on any atom is 0.115 e. The van der Waals surface area contributed by atoms with Gasteiger partial charge in [-0.25, -0.2) is 0 Å². The number of likely N-dealkylation sites (tertiary alicyclic amines) is 1. The zero-order valence-electron chi connectivity index (χ0n) is 15.4. The normalized spacial score (nSPS) is 22.3. The molecule has 2 heteroatoms. The fourth-order valence-electron chi connectivity index (χ4n) is 4.22. The molecule has 1 aliphatic rings. The summed E-state index contributed by atoms with van der Waals surface area (Å²) in [6, 6.07) is 19.4. The smallest absolute Gasteiger partial charge is 0.115 e. The lowest BCUT2D eigenvalue weighted by Gasteiger charge is -2.35. The Morgan fingerprint density at radius 3 is 2.60 bits per heavy atom. The van der Waals surface area contributed by atoms with E-state index in [0.29, 0.717) is 17.7 Å². The fourth-order valence-corrected chi connectivity index (χ4v) is 4.22. The molecule has 2 unspecified atom stereocenters. The Hall–Kier alpha value is -1.80. The average Bonchev–Trinajstić information content (AvgIpc) is 2.62. The molecule has 1 heterocycles. The highest BCUT2D eigenvalue weighted by Gasteiger charge is 2.23. The van der Waals surface area contributed by atoms with E-state index in [1.54, 1.807) is 6.07 Å². The topological polar surface area (TPSA) is 23.5 Å². The van der Waals surface area contributed by atoms with Crippen molar-refractivity contribution in [3.63, 3.8) is 0 Å². The van der Waals surface area contributed by atoms with Crippen LogP contribution < -0.4 is 0 Å². The van der Waals surface area contributed by atoms with Gasteiger partial charge in [0, 0.05) is 12.6 Å². The van der Waals surface area contributed by atoms with Crippen molar-refractivity contribution in [3.05, 3.63) is 65.7 Å². The molecular weight excluding hydrogens is 306 g/mol. The van der Waals surface area contributed by atoms with Gasteiger partial charge in [0.1, 0.15) is 5.75 Å². The summed E-state index contributed by atoms with van der Waals surface area (Å²) >= 11 is 0. The predicted molar refractivity (Wildman–Crippen MR) is 105 cm³/mol. The Kier molecular flexibility index (Phi) is 6.52. The minimum absolute atomic E-state index is 0.395. The molecule has 0 aliphatic carbocycles. The van der Waals surface area contributed by atoms with E-state index < -0.39 is 0 Å². The lowest BCUT2D eigenvalue weighted by molar-refractivity contribution is 0.159. The zero-order valence-corrected chi connectivity index (χ0v) is 15.4. The van der Waals surface area contributed by atoms with Gasteiger partial charge in [-0.2, -0.15) is 0 Å². The van der Waals surface area contributed by atoms with Crippen LogP contribution in [-0.4, -0.2) is 29.1 Å². The van der Waals surface area contributed by atoms with Crippen LogP contribution in [0.15, 0.2) is 54.6 Å². The third-order valence-corrected chi connectivity index (χ3v) is 5.71. The molecule has 2 nitrogen and oxygen atoms in total. The van der Waals surface area contributed by atoms with Crippen molar-refractivity contribution in [2.24, 2.45) is 0 Å². The van der Waals surface area contributed by atoms with Crippen molar-refractivity contribution in [1.29, 1.82) is 0 Å². The van der Waals surface area contributed by atoms with Gasteiger partial charge in [-0.15, -0.1) is 0 Å². The number of aromatic hydroxyl groups is 1. The molecule has 0 amide bonds. The van der Waals surface area contributed by atoms with Crippen LogP contribution in [-0.2, 0) is 6.42 Å². The van der Waals surface area contributed by atoms with Crippen molar-refractivity contribution >= 4 is 0 Å². The van der Waals surface area contributed by atoms with E-state index in [2.05, 4.69) is 48.2 Å².